The fourth-order valence-electron chi connectivity index (χ4n) is 5.26. The van der Waals surface area contributed by atoms with Gasteiger partial charge in [0.05, 0.1) is 0 Å². The van der Waals surface area contributed by atoms with Crippen LogP contribution in [0.3, 0.4) is 0 Å². The van der Waals surface area contributed by atoms with E-state index in [1.807, 2.05) is 97.1 Å². The Kier molecular flexibility index (Phi) is 11.8. The van der Waals surface area contributed by atoms with Gasteiger partial charge in [0.25, 0.3) is 5.91 Å². The van der Waals surface area contributed by atoms with E-state index in [0.29, 0.717) is 36.8 Å². The lowest BCUT2D eigenvalue weighted by atomic mass is 10.1. The molecule has 0 saturated carbocycles. The predicted octanol–water partition coefficient (Wildman–Crippen LogP) is 7.46. The number of rotatable bonds is 16. The minimum absolute atomic E-state index is 0.105. The molecule has 0 radical (unpaired) electrons. The molecule has 0 aliphatic carbocycles. The highest BCUT2D eigenvalue weighted by Gasteiger charge is 2.27. The minimum Gasteiger partial charge on any atom is -0.492 e. The number of carboxylic acid groups (broad SMARTS) is 1. The summed E-state index contributed by atoms with van der Waals surface area (Å²) in [6.45, 7) is 4.67. The van der Waals surface area contributed by atoms with Crippen molar-refractivity contribution in [3.05, 3.63) is 167 Å². The summed E-state index contributed by atoms with van der Waals surface area (Å²) in [5.74, 6) is -0.282. The van der Waals surface area contributed by atoms with Crippen LogP contribution in [-0.4, -0.2) is 46.0 Å². The van der Waals surface area contributed by atoms with Gasteiger partial charge >= 0.3 is 5.97 Å². The molecule has 0 bridgehead atoms. The number of ether oxygens (including phenoxy) is 2. The quantitative estimate of drug-likeness (QED) is 0.122. The number of amides is 1. The molecule has 0 spiro atoms. The standard InChI is InChI=1S/C40H40N2O5/c1-31(40(44)45)42(29-35-19-11-21-37(25-35)47-30-34-17-9-4-10-18-34)39(43)36-20-12-22-38(26-36)46-24-23-41(27-32-13-5-2-6-14-32)28-33-15-7-3-8-16-33/h2-22,25-26,31H,23-24,27-30H2,1H3,(H,44,45). The summed E-state index contributed by atoms with van der Waals surface area (Å²) in [5, 5.41) is 9.88. The lowest BCUT2D eigenvalue weighted by Gasteiger charge is -2.27. The van der Waals surface area contributed by atoms with Crippen LogP contribution in [-0.2, 0) is 31.0 Å². The van der Waals surface area contributed by atoms with Gasteiger partial charge in [0.2, 0.25) is 0 Å². The highest BCUT2D eigenvalue weighted by atomic mass is 16.5. The molecule has 1 unspecified atom stereocenters. The van der Waals surface area contributed by atoms with E-state index in [4.69, 9.17) is 9.47 Å². The number of hydrogen-bond acceptors (Lipinski definition) is 5. The lowest BCUT2D eigenvalue weighted by Crippen LogP contribution is -2.42. The summed E-state index contributed by atoms with van der Waals surface area (Å²) in [6, 6.07) is 43.8. The predicted molar refractivity (Wildman–Crippen MR) is 183 cm³/mol. The molecular weight excluding hydrogens is 588 g/mol. The molecule has 1 N–H and O–H groups in total. The van der Waals surface area contributed by atoms with Gasteiger partial charge in [-0.05, 0) is 59.5 Å². The van der Waals surface area contributed by atoms with E-state index in [1.54, 1.807) is 18.2 Å². The van der Waals surface area contributed by atoms with Crippen LogP contribution in [0.1, 0.15) is 39.5 Å². The average molecular weight is 629 g/mol. The molecule has 240 valence electrons. The Bertz CT molecular complexity index is 1670. The molecule has 0 aliphatic rings. The number of nitrogens with zero attached hydrogens (tertiary/aromatic N) is 2. The highest BCUT2D eigenvalue weighted by Crippen LogP contribution is 2.22. The molecule has 5 aromatic rings. The van der Waals surface area contributed by atoms with Crippen molar-refractivity contribution in [2.45, 2.75) is 39.2 Å². The van der Waals surface area contributed by atoms with Crippen molar-refractivity contribution in [2.24, 2.45) is 0 Å². The number of hydrogen-bond donors (Lipinski definition) is 1. The maximum atomic E-state index is 13.8. The first-order valence-corrected chi connectivity index (χ1v) is 15.8. The van der Waals surface area contributed by atoms with E-state index in [2.05, 4.69) is 29.2 Å². The molecule has 0 aliphatic heterocycles. The van der Waals surface area contributed by atoms with Crippen molar-refractivity contribution < 1.29 is 24.2 Å². The zero-order valence-electron chi connectivity index (χ0n) is 26.6. The number of carbonyl (C=O) groups excluding carboxylic acids is 1. The van der Waals surface area contributed by atoms with E-state index >= 15 is 0 Å². The minimum atomic E-state index is -1.08. The number of carbonyl (C=O) groups is 2. The first kappa shape index (κ1) is 33.0. The molecular formula is C40H40N2O5. The molecule has 1 atom stereocenters. The van der Waals surface area contributed by atoms with E-state index < -0.39 is 17.9 Å². The summed E-state index contributed by atoms with van der Waals surface area (Å²) in [5.41, 5.74) is 4.60. The van der Waals surface area contributed by atoms with Gasteiger partial charge in [-0.2, -0.15) is 0 Å². The molecule has 0 saturated heterocycles. The molecule has 5 aromatic carbocycles. The molecule has 1 amide bonds. The Morgan fingerprint density at radius 2 is 1.15 bits per heavy atom. The van der Waals surface area contributed by atoms with Gasteiger partial charge in [-0.15, -0.1) is 0 Å². The Balaban J connectivity index is 1.24. The molecule has 0 fully saturated rings. The van der Waals surface area contributed by atoms with Crippen LogP contribution in [0.15, 0.2) is 140 Å². The third kappa shape index (κ3) is 10.0. The normalized spacial score (nSPS) is 11.5. The fraction of sp³-hybridized carbons (Fsp3) is 0.200. The van der Waals surface area contributed by atoms with E-state index in [-0.39, 0.29) is 6.54 Å². The first-order valence-electron chi connectivity index (χ1n) is 15.8. The SMILES string of the molecule is CC(C(=O)O)N(Cc1cccc(OCc2ccccc2)c1)C(=O)c1cccc(OCCN(Cc2ccccc2)Cc2ccccc2)c1. The monoisotopic (exact) mass is 628 g/mol. The van der Waals surface area contributed by atoms with Gasteiger partial charge in [0.1, 0.15) is 30.8 Å². The Morgan fingerprint density at radius 3 is 1.74 bits per heavy atom. The zero-order valence-corrected chi connectivity index (χ0v) is 26.6. The van der Waals surface area contributed by atoms with Gasteiger partial charge in [0, 0.05) is 31.7 Å². The van der Waals surface area contributed by atoms with Gasteiger partial charge in [-0.25, -0.2) is 4.79 Å². The molecule has 0 aromatic heterocycles. The summed E-state index contributed by atoms with van der Waals surface area (Å²) >= 11 is 0. The van der Waals surface area contributed by atoms with E-state index in [0.717, 1.165) is 24.2 Å². The fourth-order valence-corrected chi connectivity index (χ4v) is 5.26. The van der Waals surface area contributed by atoms with Crippen LogP contribution in [0, 0.1) is 0 Å². The Morgan fingerprint density at radius 1 is 0.617 bits per heavy atom. The van der Waals surface area contributed by atoms with E-state index in [9.17, 15) is 14.7 Å². The smallest absolute Gasteiger partial charge is 0.326 e. The largest absolute Gasteiger partial charge is 0.492 e. The summed E-state index contributed by atoms with van der Waals surface area (Å²) in [6.07, 6.45) is 0. The lowest BCUT2D eigenvalue weighted by molar-refractivity contribution is -0.141. The van der Waals surface area contributed by atoms with Crippen molar-refractivity contribution in [1.82, 2.24) is 9.80 Å². The van der Waals surface area contributed by atoms with Crippen molar-refractivity contribution in [3.8, 4) is 11.5 Å². The van der Waals surface area contributed by atoms with Crippen molar-refractivity contribution in [1.29, 1.82) is 0 Å². The van der Waals surface area contributed by atoms with Crippen LogP contribution in [0.2, 0.25) is 0 Å². The maximum absolute atomic E-state index is 13.8. The summed E-state index contributed by atoms with van der Waals surface area (Å²) in [7, 11) is 0. The molecule has 0 heterocycles. The molecule has 7 heteroatoms. The van der Waals surface area contributed by atoms with Gasteiger partial charge in [-0.1, -0.05) is 109 Å². The molecule has 47 heavy (non-hydrogen) atoms. The zero-order chi connectivity index (χ0) is 32.8. The van der Waals surface area contributed by atoms with Gasteiger partial charge in [-0.3, -0.25) is 9.69 Å². The Labute approximate surface area is 276 Å². The maximum Gasteiger partial charge on any atom is 0.326 e. The van der Waals surface area contributed by atoms with Crippen molar-refractivity contribution in [3.63, 3.8) is 0 Å². The number of aliphatic carboxylic acids is 1. The average Bonchev–Trinajstić information content (AvgIpc) is 3.11. The van der Waals surface area contributed by atoms with Crippen LogP contribution < -0.4 is 9.47 Å². The third-order valence-corrected chi connectivity index (χ3v) is 7.84. The topological polar surface area (TPSA) is 79.3 Å². The second-order valence-corrected chi connectivity index (χ2v) is 11.4. The van der Waals surface area contributed by atoms with Gasteiger partial charge in [0.15, 0.2) is 0 Å². The van der Waals surface area contributed by atoms with Crippen LogP contribution in [0.4, 0.5) is 0 Å². The number of carboxylic acids is 1. The summed E-state index contributed by atoms with van der Waals surface area (Å²) in [4.78, 5) is 29.6. The highest BCUT2D eigenvalue weighted by molar-refractivity contribution is 5.96. The molecule has 7 nitrogen and oxygen atoms in total. The molecule has 5 rings (SSSR count). The number of benzene rings is 5. The first-order chi connectivity index (χ1) is 22.9. The second kappa shape index (κ2) is 16.8. The van der Waals surface area contributed by atoms with Crippen LogP contribution in [0.5, 0.6) is 11.5 Å². The van der Waals surface area contributed by atoms with Crippen molar-refractivity contribution >= 4 is 11.9 Å². The van der Waals surface area contributed by atoms with Crippen LogP contribution in [0.25, 0.3) is 0 Å². The van der Waals surface area contributed by atoms with E-state index in [1.165, 1.54) is 23.0 Å². The third-order valence-electron chi connectivity index (χ3n) is 7.84. The Hall–Kier alpha value is -5.40. The summed E-state index contributed by atoms with van der Waals surface area (Å²) < 4.78 is 12.1. The van der Waals surface area contributed by atoms with Crippen molar-refractivity contribution in [2.75, 3.05) is 13.2 Å². The van der Waals surface area contributed by atoms with Crippen LogP contribution >= 0.6 is 0 Å². The van der Waals surface area contributed by atoms with Gasteiger partial charge < -0.3 is 19.5 Å². The second-order valence-electron chi connectivity index (χ2n) is 11.4.